The SMILES string of the molecule is C=C1C2(C)C(C)=C(C)C1(C)C(C)(C)C2(C)C.C=C1C2(C)C(C)=C(C)C1(C)[C@H]1C(=O)N(C)C(=O)[C@H]12.CC1=C(C)C2(C)C(C)(C)C(C)(C)C1(C)C2(C)C.CC1=C(C)C2(C)CC1(C)C(C)(C)C2(C)C.CC1=C(C)C2(C)CC1(C)[C@@H]1C(=O)N(C)C(=O)[C@@H]12.CC1=C(C)C2(C)[C@H]3C(=O)N(C)C(=O)[C@H]3C1(C)C2(C)C. The summed E-state index contributed by atoms with van der Waals surface area (Å²) in [5.74, 6) is -1.05. The predicted octanol–water partition coefficient (Wildman–Crippen LogP) is 22.0. The molecule has 12 unspecified atom stereocenters. The summed E-state index contributed by atoms with van der Waals surface area (Å²) in [6.45, 7) is 102. The number of fused-ring (bicyclic) bond motifs is 21. The number of amides is 6. The van der Waals surface area contributed by atoms with Crippen molar-refractivity contribution in [3.8, 4) is 0 Å². The fourth-order valence-corrected chi connectivity index (χ4v) is 29.9. The van der Waals surface area contributed by atoms with Gasteiger partial charge in [-0.3, -0.25) is 43.5 Å². The Hall–Kier alpha value is -4.66. The Bertz CT molecular complexity index is 3920. The van der Waals surface area contributed by atoms with Gasteiger partial charge in [-0.15, -0.1) is 0 Å². The number of hydrogen-bond acceptors (Lipinski definition) is 6. The summed E-state index contributed by atoms with van der Waals surface area (Å²) in [5, 5.41) is 0. The van der Waals surface area contributed by atoms with E-state index in [0.717, 1.165) is 12.0 Å². The molecular formula is C93H143N3O6. The van der Waals surface area contributed by atoms with Gasteiger partial charge in [-0.2, -0.15) is 0 Å². The van der Waals surface area contributed by atoms with Crippen LogP contribution in [0.5, 0.6) is 0 Å². The van der Waals surface area contributed by atoms with Gasteiger partial charge in [0.2, 0.25) is 35.4 Å². The topological polar surface area (TPSA) is 112 Å². The molecule has 6 amide bonds. The number of allylic oxidation sites excluding steroid dienone is 14. The van der Waals surface area contributed by atoms with Crippen molar-refractivity contribution in [1.82, 2.24) is 14.7 Å². The van der Waals surface area contributed by atoms with Crippen molar-refractivity contribution < 1.29 is 28.8 Å². The molecule has 18 atom stereocenters. The number of carbonyl (C=O) groups is 6. The zero-order valence-electron chi connectivity index (χ0n) is 73.1. The summed E-state index contributed by atoms with van der Waals surface area (Å²) in [6.07, 6.45) is 2.30. The third kappa shape index (κ3) is 7.33. The highest BCUT2D eigenvalue weighted by molar-refractivity contribution is 6.09. The first-order chi connectivity index (χ1) is 45.3. The van der Waals surface area contributed by atoms with Crippen LogP contribution in [0, 0.1) is 144 Å². The summed E-state index contributed by atoms with van der Waals surface area (Å²) in [4.78, 5) is 78.4. The molecule has 15 rings (SSSR count). The molecule has 0 aromatic rings. The first-order valence-corrected chi connectivity index (χ1v) is 39.2. The molecule has 3 aliphatic heterocycles. The molecule has 0 spiro atoms. The largest absolute Gasteiger partial charge is 0.285 e. The Kier molecular flexibility index (Phi) is 16.4. The molecule has 566 valence electrons. The number of imide groups is 3. The fraction of sp³-hybridized carbons (Fsp3) is 0.763. The highest BCUT2D eigenvalue weighted by Crippen LogP contribution is 2.87. The minimum Gasteiger partial charge on any atom is -0.285 e. The van der Waals surface area contributed by atoms with Crippen LogP contribution in [-0.4, -0.2) is 71.3 Å². The maximum Gasteiger partial charge on any atom is 0.234 e. The van der Waals surface area contributed by atoms with Crippen molar-refractivity contribution in [1.29, 1.82) is 0 Å². The third-order valence-corrected chi connectivity index (χ3v) is 42.7. The molecule has 102 heavy (non-hydrogen) atoms. The van der Waals surface area contributed by atoms with Crippen LogP contribution in [0.4, 0.5) is 0 Å². The van der Waals surface area contributed by atoms with E-state index >= 15 is 0 Å². The molecule has 0 aromatic carbocycles. The van der Waals surface area contributed by atoms with Crippen LogP contribution >= 0.6 is 0 Å². The van der Waals surface area contributed by atoms with Gasteiger partial charge in [0.25, 0.3) is 0 Å². The van der Waals surface area contributed by atoms with Crippen LogP contribution < -0.4 is 0 Å². The molecule has 9 fully saturated rings. The minimum atomic E-state index is -0.332. The maximum atomic E-state index is 12.6. The van der Waals surface area contributed by atoms with Gasteiger partial charge in [0.05, 0.1) is 35.5 Å². The number of nitrogens with zero attached hydrogens (tertiary/aromatic N) is 3. The van der Waals surface area contributed by atoms with Crippen molar-refractivity contribution in [2.75, 3.05) is 21.1 Å². The number of carbonyl (C=O) groups excluding carboxylic acids is 6. The first-order valence-electron chi connectivity index (χ1n) is 39.2. The summed E-state index contributed by atoms with van der Waals surface area (Å²) in [6, 6.07) is 0. The lowest BCUT2D eigenvalue weighted by molar-refractivity contribution is -0.142. The van der Waals surface area contributed by atoms with Crippen molar-refractivity contribution in [2.24, 2.45) is 144 Å². The quantitative estimate of drug-likeness (QED) is 0.176. The lowest BCUT2D eigenvalue weighted by Crippen LogP contribution is -2.46. The van der Waals surface area contributed by atoms with Gasteiger partial charge in [-0.25, -0.2) is 0 Å². The molecule has 0 aromatic heterocycles. The molecule has 6 saturated carbocycles. The second-order valence-corrected chi connectivity index (χ2v) is 43.2. The van der Waals surface area contributed by atoms with Crippen molar-refractivity contribution in [2.45, 2.75) is 290 Å². The van der Waals surface area contributed by atoms with E-state index in [0.29, 0.717) is 48.7 Å². The van der Waals surface area contributed by atoms with E-state index in [4.69, 9.17) is 0 Å². The van der Waals surface area contributed by atoms with Gasteiger partial charge >= 0.3 is 0 Å². The Morgan fingerprint density at radius 2 is 0.510 bits per heavy atom. The molecule has 15 aliphatic rings. The third-order valence-electron chi connectivity index (χ3n) is 42.7. The Morgan fingerprint density at radius 3 is 0.755 bits per heavy atom. The van der Waals surface area contributed by atoms with E-state index in [1.54, 1.807) is 54.6 Å². The van der Waals surface area contributed by atoms with E-state index < -0.39 is 0 Å². The lowest BCUT2D eigenvalue weighted by atomic mass is 9.50. The van der Waals surface area contributed by atoms with Crippen LogP contribution in [0.2, 0.25) is 0 Å². The van der Waals surface area contributed by atoms with Crippen LogP contribution in [0.3, 0.4) is 0 Å². The molecule has 3 saturated heterocycles. The van der Waals surface area contributed by atoms with Gasteiger partial charge in [0, 0.05) is 64.5 Å². The Balaban J connectivity index is 0.000000132. The van der Waals surface area contributed by atoms with Crippen LogP contribution in [0.25, 0.3) is 0 Å². The van der Waals surface area contributed by atoms with Crippen LogP contribution in [0.15, 0.2) is 91.2 Å². The first kappa shape index (κ1) is 79.9. The van der Waals surface area contributed by atoms with E-state index in [9.17, 15) is 28.8 Å². The average Bonchev–Trinajstić information content (AvgIpc) is 1.46. The van der Waals surface area contributed by atoms with Crippen molar-refractivity contribution in [3.63, 3.8) is 0 Å². The Labute approximate surface area is 621 Å². The molecule has 9 nitrogen and oxygen atoms in total. The molecular weight excluding hydrogens is 1260 g/mol. The van der Waals surface area contributed by atoms with Crippen LogP contribution in [-0.2, 0) is 28.8 Å². The standard InChI is InChI=1S/C17H30.C16H23NO2.C16H26.C15H19NO2.C15H26.C14H19NO2/c1-11-12(2)17(10)14(5,6)13(3,4)16(11,9)15(17,7)8;1-8-9(2)16(6)11-10(12(18)17(7)13(11)19)15(8,5)14(16,3)4;1-10-11(2)16(9)12(3)15(10,8)13(4,5)14(16,6)7;1-7-8(2)15(5)9(3)14(7,4)10-11(15)13(18)16(6)12(10)17;1-10-11(2)15(8)9-14(10,7)12(3,4)13(15,5)6;1-7-8(2)14(4)6-13(7,3)9-10(14)12(17)15(5)11(9)16/h1-10H3;10-11H,1-7H3;3H2,1-2,4-9H3;10-11H,3H2,1-2,4-6H3;9H2,1-8H3;9-10H,6H2,1-5H3/t;10-,11+,15?,16?;;10-,11+,14?,15?;;9-,10+,13?,14?. The van der Waals surface area contributed by atoms with Crippen LogP contribution in [0.1, 0.15) is 290 Å². The molecule has 12 bridgehead atoms. The van der Waals surface area contributed by atoms with E-state index in [-0.39, 0.29) is 131 Å². The fourth-order valence-electron chi connectivity index (χ4n) is 29.9. The van der Waals surface area contributed by atoms with Gasteiger partial charge in [0.1, 0.15) is 0 Å². The molecule has 3 heterocycles. The smallest absolute Gasteiger partial charge is 0.234 e. The summed E-state index contributed by atoms with van der Waals surface area (Å²) < 4.78 is 0. The number of hydrogen-bond donors (Lipinski definition) is 0. The predicted molar refractivity (Wildman–Crippen MR) is 420 cm³/mol. The maximum absolute atomic E-state index is 12.6. The van der Waals surface area contributed by atoms with Gasteiger partial charge in [-0.05, 0) is 161 Å². The van der Waals surface area contributed by atoms with E-state index in [1.807, 2.05) is 0 Å². The molecule has 9 heteroatoms. The minimum absolute atomic E-state index is 0.0150. The van der Waals surface area contributed by atoms with Crippen molar-refractivity contribution >= 4 is 35.4 Å². The molecule has 0 radical (unpaired) electrons. The van der Waals surface area contributed by atoms with Crippen molar-refractivity contribution in [3.05, 3.63) is 91.2 Å². The van der Waals surface area contributed by atoms with Gasteiger partial charge in [-0.1, -0.05) is 285 Å². The molecule has 12 aliphatic carbocycles. The molecule has 0 N–H and O–H groups in total. The normalized spacial score (nSPS) is 46.5. The second-order valence-electron chi connectivity index (χ2n) is 43.2. The van der Waals surface area contributed by atoms with Gasteiger partial charge < -0.3 is 0 Å². The summed E-state index contributed by atoms with van der Waals surface area (Å²) in [7, 11) is 4.86. The zero-order chi connectivity index (χ0) is 79.2. The second kappa shape index (κ2) is 21.0. The monoisotopic (exact) mass is 1400 g/mol. The van der Waals surface area contributed by atoms with E-state index in [2.05, 4.69) is 290 Å². The summed E-state index contributed by atoms with van der Waals surface area (Å²) >= 11 is 0. The highest BCUT2D eigenvalue weighted by Gasteiger charge is 2.82. The lowest BCUT2D eigenvalue weighted by Gasteiger charge is -2.54. The Morgan fingerprint density at radius 1 is 0.255 bits per heavy atom. The zero-order valence-corrected chi connectivity index (χ0v) is 73.1. The average molecular weight is 1400 g/mol. The summed E-state index contributed by atoms with van der Waals surface area (Å²) in [5.41, 5.74) is 22.8. The van der Waals surface area contributed by atoms with Gasteiger partial charge in [0.15, 0.2) is 0 Å². The number of likely N-dealkylation sites (tertiary alicyclic amines) is 3. The highest BCUT2D eigenvalue weighted by atomic mass is 16.2. The number of rotatable bonds is 0. The van der Waals surface area contributed by atoms with E-state index in [1.165, 1.54) is 60.1 Å².